The summed E-state index contributed by atoms with van der Waals surface area (Å²) in [5.41, 5.74) is 0.871. The molecule has 0 radical (unpaired) electrons. The second-order valence-corrected chi connectivity index (χ2v) is 5.32. The lowest BCUT2D eigenvalue weighted by Gasteiger charge is -2.24. The second kappa shape index (κ2) is 8.23. The number of aromatic nitrogens is 1. The minimum Gasteiger partial charge on any atom is -0.396 e. The number of aliphatic hydroxyl groups excluding tert-OH is 1. The van der Waals surface area contributed by atoms with E-state index in [1.165, 1.54) is 12.3 Å². The first-order valence-corrected chi connectivity index (χ1v) is 7.04. The van der Waals surface area contributed by atoms with E-state index >= 15 is 0 Å². The van der Waals surface area contributed by atoms with Gasteiger partial charge in [0.05, 0.1) is 17.9 Å². The first kappa shape index (κ1) is 16.1. The maximum absolute atomic E-state index is 12.9. The van der Waals surface area contributed by atoms with Gasteiger partial charge in [-0.2, -0.15) is 0 Å². The third kappa shape index (κ3) is 5.25. The van der Waals surface area contributed by atoms with E-state index in [9.17, 15) is 4.39 Å². The van der Waals surface area contributed by atoms with Gasteiger partial charge >= 0.3 is 0 Å². The number of halogens is 1. The van der Waals surface area contributed by atoms with Crippen molar-refractivity contribution in [3.63, 3.8) is 0 Å². The predicted octanol–water partition coefficient (Wildman–Crippen LogP) is 2.92. The summed E-state index contributed by atoms with van der Waals surface area (Å²) in [6.45, 7) is 7.44. The van der Waals surface area contributed by atoms with Crippen LogP contribution in [-0.2, 0) is 0 Å². The molecule has 1 heterocycles. The Morgan fingerprint density at radius 2 is 2.11 bits per heavy atom. The lowest BCUT2D eigenvalue weighted by atomic mass is 9.97. The van der Waals surface area contributed by atoms with E-state index in [1.54, 1.807) is 6.07 Å². The molecule has 1 aromatic heterocycles. The SMILES string of the molecule is CCC(CCO)CNC(c1ccc(F)cn1)C(C)C. The highest BCUT2D eigenvalue weighted by Crippen LogP contribution is 2.20. The molecular weight excluding hydrogens is 243 g/mol. The van der Waals surface area contributed by atoms with Gasteiger partial charge in [-0.15, -0.1) is 0 Å². The number of rotatable bonds is 8. The topological polar surface area (TPSA) is 45.1 Å². The second-order valence-electron chi connectivity index (χ2n) is 5.32. The molecule has 3 nitrogen and oxygen atoms in total. The van der Waals surface area contributed by atoms with Crippen LogP contribution >= 0.6 is 0 Å². The van der Waals surface area contributed by atoms with Crippen LogP contribution in [0.5, 0.6) is 0 Å². The molecule has 1 aromatic rings. The number of hydrogen-bond donors (Lipinski definition) is 2. The molecule has 0 aliphatic carbocycles. The minimum atomic E-state index is -0.307. The molecule has 2 N–H and O–H groups in total. The maximum atomic E-state index is 12.9. The molecule has 0 aromatic carbocycles. The third-order valence-corrected chi connectivity index (χ3v) is 3.48. The lowest BCUT2D eigenvalue weighted by molar-refractivity contribution is 0.244. The molecule has 2 atom stereocenters. The highest BCUT2D eigenvalue weighted by molar-refractivity contribution is 5.10. The fourth-order valence-corrected chi connectivity index (χ4v) is 2.18. The van der Waals surface area contributed by atoms with Crippen LogP contribution in [0.3, 0.4) is 0 Å². The number of hydrogen-bond acceptors (Lipinski definition) is 3. The van der Waals surface area contributed by atoms with Gasteiger partial charge < -0.3 is 10.4 Å². The van der Waals surface area contributed by atoms with Crippen LogP contribution in [0, 0.1) is 17.7 Å². The molecule has 0 aliphatic rings. The van der Waals surface area contributed by atoms with Gasteiger partial charge in [-0.3, -0.25) is 4.98 Å². The van der Waals surface area contributed by atoms with Crippen molar-refractivity contribution in [2.24, 2.45) is 11.8 Å². The first-order valence-electron chi connectivity index (χ1n) is 7.04. The Kier molecular flexibility index (Phi) is 6.95. The summed E-state index contributed by atoms with van der Waals surface area (Å²) < 4.78 is 12.9. The van der Waals surface area contributed by atoms with E-state index in [4.69, 9.17) is 5.11 Å². The van der Waals surface area contributed by atoms with Crippen molar-refractivity contribution in [3.05, 3.63) is 29.8 Å². The summed E-state index contributed by atoms with van der Waals surface area (Å²) in [5.74, 6) is 0.536. The van der Waals surface area contributed by atoms with Crippen molar-refractivity contribution < 1.29 is 9.50 Å². The van der Waals surface area contributed by atoms with Crippen LogP contribution in [0.1, 0.15) is 45.3 Å². The molecule has 0 fully saturated rings. The number of aliphatic hydroxyl groups is 1. The van der Waals surface area contributed by atoms with Gasteiger partial charge in [-0.25, -0.2) is 4.39 Å². The molecule has 19 heavy (non-hydrogen) atoms. The molecule has 0 saturated carbocycles. The molecule has 4 heteroatoms. The van der Waals surface area contributed by atoms with Gasteiger partial charge in [0.2, 0.25) is 0 Å². The Morgan fingerprint density at radius 3 is 2.58 bits per heavy atom. The molecule has 0 bridgehead atoms. The summed E-state index contributed by atoms with van der Waals surface area (Å²) in [7, 11) is 0. The normalized spacial score (nSPS) is 14.6. The molecule has 0 spiro atoms. The summed E-state index contributed by atoms with van der Waals surface area (Å²) >= 11 is 0. The number of nitrogens with zero attached hydrogens (tertiary/aromatic N) is 1. The van der Waals surface area contributed by atoms with Crippen molar-refractivity contribution in [3.8, 4) is 0 Å². The van der Waals surface area contributed by atoms with E-state index in [0.29, 0.717) is 11.8 Å². The van der Waals surface area contributed by atoms with Gasteiger partial charge in [0.15, 0.2) is 0 Å². The Morgan fingerprint density at radius 1 is 1.37 bits per heavy atom. The van der Waals surface area contributed by atoms with Crippen molar-refractivity contribution in [2.75, 3.05) is 13.2 Å². The fourth-order valence-electron chi connectivity index (χ4n) is 2.18. The zero-order chi connectivity index (χ0) is 14.3. The predicted molar refractivity (Wildman–Crippen MR) is 75.3 cm³/mol. The monoisotopic (exact) mass is 268 g/mol. The highest BCUT2D eigenvalue weighted by Gasteiger charge is 2.18. The molecular formula is C15H25FN2O. The highest BCUT2D eigenvalue weighted by atomic mass is 19.1. The number of pyridine rings is 1. The standard InChI is InChI=1S/C15H25FN2O/c1-4-12(7-8-19)9-18-15(11(2)3)14-6-5-13(16)10-17-14/h5-6,10-12,15,18-19H,4,7-9H2,1-3H3. The van der Waals surface area contributed by atoms with E-state index in [-0.39, 0.29) is 18.5 Å². The molecule has 0 aliphatic heterocycles. The summed E-state index contributed by atoms with van der Waals surface area (Å²) in [5, 5.41) is 12.5. The molecule has 0 amide bonds. The van der Waals surface area contributed by atoms with Crippen LogP contribution < -0.4 is 5.32 Å². The van der Waals surface area contributed by atoms with Gasteiger partial charge in [0.25, 0.3) is 0 Å². The smallest absolute Gasteiger partial charge is 0.141 e. The number of nitrogens with one attached hydrogen (secondary N) is 1. The Bertz CT molecular complexity index is 354. The van der Waals surface area contributed by atoms with E-state index in [0.717, 1.165) is 25.1 Å². The van der Waals surface area contributed by atoms with Gasteiger partial charge in [0.1, 0.15) is 5.82 Å². The van der Waals surface area contributed by atoms with Crippen LogP contribution in [0.2, 0.25) is 0 Å². The van der Waals surface area contributed by atoms with Crippen molar-refractivity contribution >= 4 is 0 Å². The van der Waals surface area contributed by atoms with Crippen LogP contribution in [0.4, 0.5) is 4.39 Å². The lowest BCUT2D eigenvalue weighted by Crippen LogP contribution is -2.31. The van der Waals surface area contributed by atoms with Crippen molar-refractivity contribution in [1.29, 1.82) is 0 Å². The van der Waals surface area contributed by atoms with E-state index < -0.39 is 0 Å². The van der Waals surface area contributed by atoms with Crippen molar-refractivity contribution in [2.45, 2.75) is 39.7 Å². The van der Waals surface area contributed by atoms with Gasteiger partial charge in [0, 0.05) is 6.61 Å². The molecule has 108 valence electrons. The molecule has 1 rings (SSSR count). The van der Waals surface area contributed by atoms with Crippen molar-refractivity contribution in [1.82, 2.24) is 10.3 Å². The zero-order valence-electron chi connectivity index (χ0n) is 12.1. The Balaban J connectivity index is 2.65. The van der Waals surface area contributed by atoms with Gasteiger partial charge in [-0.1, -0.05) is 27.2 Å². The Hall–Kier alpha value is -1.00. The summed E-state index contributed by atoms with van der Waals surface area (Å²) in [6.07, 6.45) is 3.11. The zero-order valence-corrected chi connectivity index (χ0v) is 12.1. The average Bonchev–Trinajstić information content (AvgIpc) is 2.39. The summed E-state index contributed by atoms with van der Waals surface area (Å²) in [4.78, 5) is 4.16. The minimum absolute atomic E-state index is 0.119. The van der Waals surface area contributed by atoms with Crippen LogP contribution in [0.25, 0.3) is 0 Å². The van der Waals surface area contributed by atoms with E-state index in [1.807, 2.05) is 0 Å². The largest absolute Gasteiger partial charge is 0.396 e. The Labute approximate surface area is 115 Å². The fraction of sp³-hybridized carbons (Fsp3) is 0.667. The van der Waals surface area contributed by atoms with E-state index in [2.05, 4.69) is 31.1 Å². The van der Waals surface area contributed by atoms with Crippen LogP contribution in [-0.4, -0.2) is 23.2 Å². The first-order chi connectivity index (χ1) is 9.08. The third-order valence-electron chi connectivity index (χ3n) is 3.48. The summed E-state index contributed by atoms with van der Waals surface area (Å²) in [6, 6.07) is 3.30. The van der Waals surface area contributed by atoms with Crippen LogP contribution in [0.15, 0.2) is 18.3 Å². The quantitative estimate of drug-likeness (QED) is 0.762. The molecule has 0 saturated heterocycles. The average molecular weight is 268 g/mol. The molecule has 2 unspecified atom stereocenters. The maximum Gasteiger partial charge on any atom is 0.141 e. The van der Waals surface area contributed by atoms with Gasteiger partial charge in [-0.05, 0) is 36.9 Å².